The van der Waals surface area contributed by atoms with Crippen LogP contribution in [0.15, 0.2) is 18.2 Å². The van der Waals surface area contributed by atoms with Gasteiger partial charge in [-0.1, -0.05) is 6.07 Å². The van der Waals surface area contributed by atoms with Gasteiger partial charge in [-0.2, -0.15) is 0 Å². The second-order valence-electron chi connectivity index (χ2n) is 5.84. The molecule has 2 N–H and O–H groups in total. The first-order chi connectivity index (χ1) is 9.70. The summed E-state index contributed by atoms with van der Waals surface area (Å²) in [7, 11) is 1.68. The Hall–Kier alpha value is -1.55. The van der Waals surface area contributed by atoms with E-state index in [1.807, 2.05) is 19.1 Å². The number of nitrogens with one attached hydrogen (secondary N) is 2. The minimum atomic E-state index is -0.0138. The molecular formula is C16H23N3O. The van der Waals surface area contributed by atoms with E-state index in [2.05, 4.69) is 21.6 Å². The lowest BCUT2D eigenvalue weighted by molar-refractivity contribution is 0.0962. The van der Waals surface area contributed by atoms with E-state index < -0.39 is 0 Å². The molecule has 0 aromatic heterocycles. The Morgan fingerprint density at radius 2 is 2.15 bits per heavy atom. The molecule has 20 heavy (non-hydrogen) atoms. The number of hydrogen-bond donors (Lipinski definition) is 2. The van der Waals surface area contributed by atoms with Gasteiger partial charge in [0.05, 0.1) is 0 Å². The number of hydrogen-bond acceptors (Lipinski definition) is 3. The molecular weight excluding hydrogens is 250 g/mol. The Kier molecular flexibility index (Phi) is 3.66. The van der Waals surface area contributed by atoms with Gasteiger partial charge in [0.1, 0.15) is 0 Å². The molecule has 108 valence electrons. The Labute approximate surface area is 120 Å². The largest absolute Gasteiger partial charge is 0.380 e. The summed E-state index contributed by atoms with van der Waals surface area (Å²) in [6.07, 6.45) is 3.82. The van der Waals surface area contributed by atoms with Crippen molar-refractivity contribution in [2.45, 2.75) is 38.3 Å². The zero-order valence-corrected chi connectivity index (χ0v) is 12.3. The van der Waals surface area contributed by atoms with Crippen LogP contribution in [0.4, 0.5) is 5.69 Å². The van der Waals surface area contributed by atoms with Gasteiger partial charge < -0.3 is 10.6 Å². The van der Waals surface area contributed by atoms with E-state index in [9.17, 15) is 4.79 Å². The topological polar surface area (TPSA) is 44.4 Å². The van der Waals surface area contributed by atoms with Gasteiger partial charge in [-0.15, -0.1) is 0 Å². The average molecular weight is 273 g/mol. The maximum absolute atomic E-state index is 11.9. The van der Waals surface area contributed by atoms with Gasteiger partial charge in [0.15, 0.2) is 0 Å². The van der Waals surface area contributed by atoms with Crippen molar-refractivity contribution in [2.75, 3.05) is 25.5 Å². The second kappa shape index (κ2) is 5.44. The highest BCUT2D eigenvalue weighted by atomic mass is 16.1. The first-order valence-corrected chi connectivity index (χ1v) is 7.53. The lowest BCUT2D eigenvalue weighted by Crippen LogP contribution is -2.34. The molecule has 2 aliphatic rings. The molecule has 4 nitrogen and oxygen atoms in total. The van der Waals surface area contributed by atoms with Crippen molar-refractivity contribution < 1.29 is 4.79 Å². The summed E-state index contributed by atoms with van der Waals surface area (Å²) in [5.41, 5.74) is 2.91. The van der Waals surface area contributed by atoms with Gasteiger partial charge in [0.25, 0.3) is 5.91 Å². The molecule has 0 aliphatic carbocycles. The van der Waals surface area contributed by atoms with E-state index in [0.717, 1.165) is 16.8 Å². The highest BCUT2D eigenvalue weighted by molar-refractivity contribution is 5.96. The molecule has 0 spiro atoms. The molecule has 4 heteroatoms. The molecule has 0 radical (unpaired) electrons. The maximum atomic E-state index is 11.9. The van der Waals surface area contributed by atoms with Gasteiger partial charge in [-0.3, -0.25) is 9.69 Å². The van der Waals surface area contributed by atoms with Crippen molar-refractivity contribution >= 4 is 11.6 Å². The van der Waals surface area contributed by atoms with Crippen LogP contribution in [0.1, 0.15) is 35.2 Å². The van der Waals surface area contributed by atoms with Crippen LogP contribution in [0.5, 0.6) is 0 Å². The zero-order chi connectivity index (χ0) is 14.1. The van der Waals surface area contributed by atoms with Crippen molar-refractivity contribution in [3.63, 3.8) is 0 Å². The van der Waals surface area contributed by atoms with Crippen LogP contribution in [0.3, 0.4) is 0 Å². The van der Waals surface area contributed by atoms with Crippen LogP contribution in [-0.4, -0.2) is 43.0 Å². The zero-order valence-electron chi connectivity index (χ0n) is 12.3. The third-order valence-electron chi connectivity index (χ3n) is 4.75. The van der Waals surface area contributed by atoms with Crippen LogP contribution in [0, 0.1) is 6.92 Å². The monoisotopic (exact) mass is 273 g/mol. The minimum Gasteiger partial charge on any atom is -0.380 e. The first-order valence-electron chi connectivity index (χ1n) is 7.53. The number of anilines is 1. The number of rotatable bonds is 3. The van der Waals surface area contributed by atoms with Crippen molar-refractivity contribution in [2.24, 2.45) is 0 Å². The summed E-state index contributed by atoms with van der Waals surface area (Å²) >= 11 is 0. The van der Waals surface area contributed by atoms with Crippen molar-refractivity contribution in [1.82, 2.24) is 10.2 Å². The summed E-state index contributed by atoms with van der Waals surface area (Å²) in [6.45, 7) is 4.48. The maximum Gasteiger partial charge on any atom is 0.251 e. The molecule has 2 aliphatic heterocycles. The molecule has 0 bridgehead atoms. The number of benzene rings is 1. The quantitative estimate of drug-likeness (QED) is 0.885. The Morgan fingerprint density at radius 3 is 2.95 bits per heavy atom. The van der Waals surface area contributed by atoms with E-state index in [0.29, 0.717) is 12.1 Å². The van der Waals surface area contributed by atoms with Gasteiger partial charge in [0.2, 0.25) is 0 Å². The normalized spacial score (nSPS) is 25.5. The van der Waals surface area contributed by atoms with E-state index in [-0.39, 0.29) is 5.91 Å². The van der Waals surface area contributed by atoms with Crippen LogP contribution >= 0.6 is 0 Å². The minimum absolute atomic E-state index is 0.0138. The molecule has 2 saturated heterocycles. The summed E-state index contributed by atoms with van der Waals surface area (Å²) in [5, 5.41) is 6.38. The fraction of sp³-hybridized carbons (Fsp3) is 0.562. The second-order valence-corrected chi connectivity index (χ2v) is 5.84. The standard InChI is InChI=1S/C16H23N3O/c1-11-12(16(20)17-2)5-3-6-13(11)18-14-8-10-19-9-4-7-15(14)19/h3,5-6,14-15,18H,4,7-10H2,1-2H3,(H,17,20). The van der Waals surface area contributed by atoms with Crippen LogP contribution in [-0.2, 0) is 0 Å². The van der Waals surface area contributed by atoms with E-state index in [1.54, 1.807) is 7.05 Å². The molecule has 2 heterocycles. The number of carbonyl (C=O) groups is 1. The number of fused-ring (bicyclic) bond motifs is 1. The third-order valence-corrected chi connectivity index (χ3v) is 4.75. The Balaban J connectivity index is 1.79. The molecule has 0 saturated carbocycles. The summed E-state index contributed by atoms with van der Waals surface area (Å²) < 4.78 is 0. The highest BCUT2D eigenvalue weighted by Crippen LogP contribution is 2.31. The fourth-order valence-corrected chi connectivity index (χ4v) is 3.62. The molecule has 3 rings (SSSR count). The smallest absolute Gasteiger partial charge is 0.251 e. The number of carbonyl (C=O) groups excluding carboxylic acids is 1. The van der Waals surface area contributed by atoms with Gasteiger partial charge in [-0.25, -0.2) is 0 Å². The molecule has 1 amide bonds. The summed E-state index contributed by atoms with van der Waals surface area (Å²) in [5.74, 6) is -0.0138. The van der Waals surface area contributed by atoms with Crippen LogP contribution in [0.2, 0.25) is 0 Å². The average Bonchev–Trinajstić information content (AvgIpc) is 3.05. The molecule has 2 fully saturated rings. The fourth-order valence-electron chi connectivity index (χ4n) is 3.62. The molecule has 1 aromatic rings. The number of amides is 1. The molecule has 1 aromatic carbocycles. The van der Waals surface area contributed by atoms with E-state index in [1.165, 1.54) is 32.4 Å². The van der Waals surface area contributed by atoms with E-state index >= 15 is 0 Å². The SMILES string of the molecule is CNC(=O)c1cccc(NC2CCN3CCCC23)c1C. The third kappa shape index (κ3) is 2.29. The van der Waals surface area contributed by atoms with Crippen molar-refractivity contribution in [1.29, 1.82) is 0 Å². The van der Waals surface area contributed by atoms with Crippen molar-refractivity contribution in [3.8, 4) is 0 Å². The lowest BCUT2D eigenvalue weighted by Gasteiger charge is -2.23. The number of nitrogens with zero attached hydrogens (tertiary/aromatic N) is 1. The van der Waals surface area contributed by atoms with Gasteiger partial charge >= 0.3 is 0 Å². The lowest BCUT2D eigenvalue weighted by atomic mass is 10.0. The van der Waals surface area contributed by atoms with E-state index in [4.69, 9.17) is 0 Å². The molecule has 2 atom stereocenters. The Bertz CT molecular complexity index is 514. The predicted octanol–water partition coefficient (Wildman–Crippen LogP) is 2.00. The first kappa shape index (κ1) is 13.4. The Morgan fingerprint density at radius 1 is 1.30 bits per heavy atom. The highest BCUT2D eigenvalue weighted by Gasteiger charge is 2.37. The summed E-state index contributed by atoms with van der Waals surface area (Å²) in [6, 6.07) is 7.13. The van der Waals surface area contributed by atoms with Crippen LogP contribution < -0.4 is 10.6 Å². The van der Waals surface area contributed by atoms with Crippen molar-refractivity contribution in [3.05, 3.63) is 29.3 Å². The predicted molar refractivity (Wildman–Crippen MR) is 81.2 cm³/mol. The van der Waals surface area contributed by atoms with Gasteiger partial charge in [0, 0.05) is 36.9 Å². The van der Waals surface area contributed by atoms with Crippen LogP contribution in [0.25, 0.3) is 0 Å². The van der Waals surface area contributed by atoms with Gasteiger partial charge in [-0.05, 0) is 50.4 Å². The summed E-state index contributed by atoms with van der Waals surface area (Å²) in [4.78, 5) is 14.5. The molecule has 2 unspecified atom stereocenters.